The minimum absolute atomic E-state index is 0.125. The van der Waals surface area contributed by atoms with Crippen LogP contribution in [-0.2, 0) is 14.3 Å². The van der Waals surface area contributed by atoms with Crippen LogP contribution < -0.4 is 0 Å². The summed E-state index contributed by atoms with van der Waals surface area (Å²) in [6.07, 6.45) is 3.40. The van der Waals surface area contributed by atoms with Crippen LogP contribution in [-0.4, -0.2) is 18.7 Å². The van der Waals surface area contributed by atoms with E-state index in [0.717, 1.165) is 5.57 Å². The van der Waals surface area contributed by atoms with Crippen LogP contribution in [0.15, 0.2) is 23.5 Å². The lowest BCUT2D eigenvalue weighted by Gasteiger charge is -2.10. The van der Waals surface area contributed by atoms with Gasteiger partial charge in [0.1, 0.15) is 6.61 Å². The first-order valence-corrected chi connectivity index (χ1v) is 5.10. The highest BCUT2D eigenvalue weighted by molar-refractivity contribution is 5.86. The molecular formula is C12H20O3. The van der Waals surface area contributed by atoms with Gasteiger partial charge in [-0.3, -0.25) is 0 Å². The minimum Gasteiger partial charge on any atom is -0.483 e. The third-order valence-corrected chi connectivity index (χ3v) is 1.54. The summed E-state index contributed by atoms with van der Waals surface area (Å²) >= 11 is 0. The standard InChI is InChI=1S/C12H20O3/c1-6-11(12(13)15-10(4)5)14-8-7-9(2)3/h6-7,10H,8H2,1-5H3/b11-6+. The molecule has 0 N–H and O–H groups in total. The van der Waals surface area contributed by atoms with E-state index in [1.54, 1.807) is 26.8 Å². The number of hydrogen-bond acceptors (Lipinski definition) is 3. The van der Waals surface area contributed by atoms with Gasteiger partial charge < -0.3 is 9.47 Å². The van der Waals surface area contributed by atoms with Gasteiger partial charge in [0.05, 0.1) is 6.10 Å². The number of carbonyl (C=O) groups is 1. The highest BCUT2D eigenvalue weighted by Crippen LogP contribution is 2.04. The van der Waals surface area contributed by atoms with Crippen LogP contribution in [0.4, 0.5) is 0 Å². The van der Waals surface area contributed by atoms with E-state index in [1.807, 2.05) is 19.9 Å². The summed E-state index contributed by atoms with van der Waals surface area (Å²) < 4.78 is 10.3. The number of ether oxygens (including phenoxy) is 2. The van der Waals surface area contributed by atoms with Crippen molar-refractivity contribution in [2.24, 2.45) is 0 Å². The summed E-state index contributed by atoms with van der Waals surface area (Å²) in [5, 5.41) is 0. The lowest BCUT2D eigenvalue weighted by Crippen LogP contribution is -2.15. The molecule has 0 atom stereocenters. The molecule has 3 nitrogen and oxygen atoms in total. The topological polar surface area (TPSA) is 35.5 Å². The number of hydrogen-bond donors (Lipinski definition) is 0. The van der Waals surface area contributed by atoms with Gasteiger partial charge in [-0.05, 0) is 46.8 Å². The predicted molar refractivity (Wildman–Crippen MR) is 60.4 cm³/mol. The summed E-state index contributed by atoms with van der Waals surface area (Å²) in [4.78, 5) is 11.4. The maximum atomic E-state index is 11.4. The Labute approximate surface area is 91.8 Å². The van der Waals surface area contributed by atoms with Crippen LogP contribution in [0, 0.1) is 0 Å². The molecule has 0 aromatic rings. The molecule has 0 saturated carbocycles. The summed E-state index contributed by atoms with van der Waals surface area (Å²) in [6, 6.07) is 0. The zero-order valence-corrected chi connectivity index (χ0v) is 10.2. The molecule has 0 aliphatic carbocycles. The predicted octanol–water partition coefficient (Wildman–Crippen LogP) is 2.82. The third kappa shape index (κ3) is 6.77. The van der Waals surface area contributed by atoms with Gasteiger partial charge in [0, 0.05) is 0 Å². The molecule has 0 rings (SSSR count). The molecule has 0 bridgehead atoms. The first-order chi connectivity index (χ1) is 6.97. The quantitative estimate of drug-likeness (QED) is 0.304. The molecule has 0 heterocycles. The van der Waals surface area contributed by atoms with Crippen molar-refractivity contribution in [2.75, 3.05) is 6.61 Å². The molecule has 0 fully saturated rings. The number of allylic oxidation sites excluding steroid dienone is 2. The number of esters is 1. The van der Waals surface area contributed by atoms with Crippen LogP contribution in [0.3, 0.4) is 0 Å². The fourth-order valence-electron chi connectivity index (χ4n) is 0.830. The smallest absolute Gasteiger partial charge is 0.373 e. The van der Waals surface area contributed by atoms with E-state index in [0.29, 0.717) is 6.61 Å². The van der Waals surface area contributed by atoms with Crippen LogP contribution in [0.2, 0.25) is 0 Å². The monoisotopic (exact) mass is 212 g/mol. The SMILES string of the molecule is C/C=C(/OCC=C(C)C)C(=O)OC(C)C. The molecule has 0 unspecified atom stereocenters. The molecule has 15 heavy (non-hydrogen) atoms. The van der Waals surface area contributed by atoms with E-state index in [2.05, 4.69) is 0 Å². The summed E-state index contributed by atoms with van der Waals surface area (Å²) in [5.74, 6) is -0.143. The highest BCUT2D eigenvalue weighted by Gasteiger charge is 2.12. The van der Waals surface area contributed by atoms with Gasteiger partial charge in [-0.2, -0.15) is 0 Å². The Morgan fingerprint density at radius 1 is 1.33 bits per heavy atom. The van der Waals surface area contributed by atoms with E-state index in [1.165, 1.54) is 0 Å². The molecule has 86 valence electrons. The Morgan fingerprint density at radius 3 is 2.33 bits per heavy atom. The summed E-state index contributed by atoms with van der Waals surface area (Å²) in [7, 11) is 0. The average Bonchev–Trinajstić information content (AvgIpc) is 2.10. The Hall–Kier alpha value is -1.25. The van der Waals surface area contributed by atoms with Gasteiger partial charge in [-0.15, -0.1) is 0 Å². The fraction of sp³-hybridized carbons (Fsp3) is 0.583. The Kier molecular flexibility index (Phi) is 6.50. The fourth-order valence-corrected chi connectivity index (χ4v) is 0.830. The van der Waals surface area contributed by atoms with Gasteiger partial charge in [0.15, 0.2) is 0 Å². The second-order valence-corrected chi connectivity index (χ2v) is 3.70. The van der Waals surface area contributed by atoms with Crippen LogP contribution in [0.25, 0.3) is 0 Å². The van der Waals surface area contributed by atoms with Crippen molar-refractivity contribution < 1.29 is 14.3 Å². The van der Waals surface area contributed by atoms with Gasteiger partial charge in [-0.25, -0.2) is 4.79 Å². The average molecular weight is 212 g/mol. The highest BCUT2D eigenvalue weighted by atomic mass is 16.6. The van der Waals surface area contributed by atoms with Gasteiger partial charge in [-0.1, -0.05) is 5.57 Å². The van der Waals surface area contributed by atoms with Gasteiger partial charge in [0.25, 0.3) is 0 Å². The lowest BCUT2D eigenvalue weighted by atomic mass is 10.3. The maximum absolute atomic E-state index is 11.4. The molecule has 0 radical (unpaired) electrons. The van der Waals surface area contributed by atoms with Crippen LogP contribution in [0.5, 0.6) is 0 Å². The zero-order valence-electron chi connectivity index (χ0n) is 10.2. The van der Waals surface area contributed by atoms with E-state index >= 15 is 0 Å². The molecule has 0 saturated heterocycles. The maximum Gasteiger partial charge on any atom is 0.373 e. The van der Waals surface area contributed by atoms with E-state index in [-0.39, 0.29) is 11.9 Å². The van der Waals surface area contributed by atoms with Crippen molar-refractivity contribution in [3.05, 3.63) is 23.5 Å². The van der Waals surface area contributed by atoms with Crippen LogP contribution >= 0.6 is 0 Å². The second kappa shape index (κ2) is 7.10. The van der Waals surface area contributed by atoms with Crippen molar-refractivity contribution in [2.45, 2.75) is 40.7 Å². The second-order valence-electron chi connectivity index (χ2n) is 3.70. The molecule has 0 amide bonds. The molecule has 0 aromatic carbocycles. The van der Waals surface area contributed by atoms with Crippen molar-refractivity contribution in [1.82, 2.24) is 0 Å². The van der Waals surface area contributed by atoms with Crippen molar-refractivity contribution in [3.63, 3.8) is 0 Å². The van der Waals surface area contributed by atoms with E-state index < -0.39 is 5.97 Å². The molecule has 3 heteroatoms. The van der Waals surface area contributed by atoms with E-state index in [4.69, 9.17) is 9.47 Å². The van der Waals surface area contributed by atoms with Crippen LogP contribution in [0.1, 0.15) is 34.6 Å². The first-order valence-electron chi connectivity index (χ1n) is 5.10. The summed E-state index contributed by atoms with van der Waals surface area (Å²) in [5.41, 5.74) is 1.16. The molecule has 0 aliphatic rings. The summed E-state index contributed by atoms with van der Waals surface area (Å²) in [6.45, 7) is 9.72. The molecule has 0 aliphatic heterocycles. The lowest BCUT2D eigenvalue weighted by molar-refractivity contribution is -0.146. The number of carbonyl (C=O) groups excluding carboxylic acids is 1. The van der Waals surface area contributed by atoms with Gasteiger partial charge >= 0.3 is 5.97 Å². The minimum atomic E-state index is -0.408. The van der Waals surface area contributed by atoms with Crippen molar-refractivity contribution in [3.8, 4) is 0 Å². The normalized spacial score (nSPS) is 11.2. The Balaban J connectivity index is 4.15. The molecule has 0 spiro atoms. The first kappa shape index (κ1) is 13.8. The number of rotatable bonds is 5. The van der Waals surface area contributed by atoms with Gasteiger partial charge in [0.2, 0.25) is 5.76 Å². The van der Waals surface area contributed by atoms with Crippen molar-refractivity contribution >= 4 is 5.97 Å². The Bertz CT molecular complexity index is 258. The molecular weight excluding hydrogens is 192 g/mol. The van der Waals surface area contributed by atoms with E-state index in [9.17, 15) is 4.79 Å². The van der Waals surface area contributed by atoms with Crippen molar-refractivity contribution in [1.29, 1.82) is 0 Å². The zero-order chi connectivity index (χ0) is 11.8. The third-order valence-electron chi connectivity index (χ3n) is 1.54. The molecule has 0 aromatic heterocycles. The Morgan fingerprint density at radius 2 is 1.93 bits per heavy atom. The largest absolute Gasteiger partial charge is 0.483 e.